The first-order valence-corrected chi connectivity index (χ1v) is 36.1. The summed E-state index contributed by atoms with van der Waals surface area (Å²) < 4.78 is 8.86. The molecule has 398 valence electrons. The normalized spacial score (nSPS) is 13.7. The van der Waals surface area contributed by atoms with Gasteiger partial charge in [-0.25, -0.2) is 0 Å². The molecule has 0 aromatic heterocycles. The minimum atomic E-state index is 0.925. The third-order valence-corrected chi connectivity index (χ3v) is 24.7. The van der Waals surface area contributed by atoms with Crippen molar-refractivity contribution in [2.45, 2.75) is 233 Å². The molecular formula is C64H94S8. The van der Waals surface area contributed by atoms with Crippen molar-refractivity contribution in [3.8, 4) is 24.7 Å². The molecule has 0 saturated carbocycles. The van der Waals surface area contributed by atoms with Crippen molar-refractivity contribution in [3.63, 3.8) is 0 Å². The van der Waals surface area contributed by atoms with Crippen molar-refractivity contribution >= 4 is 105 Å². The Morgan fingerprint density at radius 3 is 0.736 bits per heavy atom. The summed E-state index contributed by atoms with van der Waals surface area (Å²) in [6.07, 6.45) is 55.5. The fraction of sp³-hybridized carbons (Fsp3) is 0.625. The zero-order valence-electron chi connectivity index (χ0n) is 45.5. The lowest BCUT2D eigenvalue weighted by molar-refractivity contribution is 0.586. The molecule has 0 amide bonds. The lowest BCUT2D eigenvalue weighted by atomic mass is 9.93. The monoisotopic (exact) mass is 1120 g/mol. The van der Waals surface area contributed by atoms with Gasteiger partial charge in [-0.3, -0.25) is 0 Å². The Labute approximate surface area is 478 Å². The van der Waals surface area contributed by atoms with Gasteiger partial charge >= 0.3 is 0 Å². The van der Waals surface area contributed by atoms with Gasteiger partial charge in [-0.05, 0) is 84.1 Å². The summed E-state index contributed by atoms with van der Waals surface area (Å²) in [6, 6.07) is 17.8. The van der Waals surface area contributed by atoms with Crippen molar-refractivity contribution in [1.82, 2.24) is 0 Å². The SMILES string of the molecule is C#Cc1ccc(C(=C2SC(SCCCCCCCCCC)=C(SCCCCCCCCCC)S2)C(=C2SC(SCCCCCCCCCC)=C(SCCCCCCCCCC)S2)c2ccc(C#C)cc2)cc1. The van der Waals surface area contributed by atoms with Gasteiger partial charge < -0.3 is 0 Å². The van der Waals surface area contributed by atoms with Crippen LogP contribution >= 0.6 is 94.1 Å². The van der Waals surface area contributed by atoms with Crippen molar-refractivity contribution in [1.29, 1.82) is 0 Å². The maximum absolute atomic E-state index is 6.01. The van der Waals surface area contributed by atoms with E-state index in [0.29, 0.717) is 0 Å². The molecule has 2 heterocycles. The molecule has 0 aliphatic carbocycles. The highest BCUT2D eigenvalue weighted by atomic mass is 32.3. The highest BCUT2D eigenvalue weighted by Crippen LogP contribution is 2.65. The van der Waals surface area contributed by atoms with Crippen LogP contribution in [-0.2, 0) is 0 Å². The summed E-state index contributed by atoms with van der Waals surface area (Å²) in [4.78, 5) is 0. The Bertz CT molecular complexity index is 1760. The summed E-state index contributed by atoms with van der Waals surface area (Å²) >= 11 is 16.7. The number of allylic oxidation sites excluding steroid dienone is 2. The summed E-state index contributed by atoms with van der Waals surface area (Å²) in [6.45, 7) is 9.26. The number of unbranched alkanes of at least 4 members (excludes halogenated alkanes) is 28. The molecule has 2 aromatic carbocycles. The first kappa shape index (κ1) is 63.8. The summed E-state index contributed by atoms with van der Waals surface area (Å²) in [5.41, 5.74) is 7.01. The molecule has 0 bridgehead atoms. The van der Waals surface area contributed by atoms with Crippen molar-refractivity contribution < 1.29 is 0 Å². The Kier molecular flexibility index (Phi) is 37.6. The molecule has 0 unspecified atom stereocenters. The van der Waals surface area contributed by atoms with Crippen LogP contribution in [0.15, 0.2) is 74.0 Å². The fourth-order valence-electron chi connectivity index (χ4n) is 8.90. The van der Waals surface area contributed by atoms with Crippen LogP contribution in [-0.4, -0.2) is 23.0 Å². The molecule has 0 atom stereocenters. The largest absolute Gasteiger partial charge is 0.117 e. The standard InChI is InChI=1S/C64H94S8/c1-7-13-17-21-25-29-33-37-49-65-61-62(66-50-38-34-30-26-22-18-14-8-2)70-59(69-61)57(55-45-41-53(11-5)42-46-55)58(56-47-43-54(12-6)44-48-56)60-71-63(67-51-39-35-31-27-23-19-15-9-3)64(72-60)68-52-40-36-32-28-24-20-16-10-4/h5-6,41-48H,7-10,13-40,49-52H2,1-4H3. The number of rotatable bonds is 43. The fourth-order valence-corrected chi connectivity index (χ4v) is 21.1. The molecule has 2 aliphatic rings. The molecule has 0 radical (unpaired) electrons. The van der Waals surface area contributed by atoms with E-state index in [4.69, 9.17) is 12.8 Å². The Morgan fingerprint density at radius 2 is 0.528 bits per heavy atom. The predicted octanol–water partition coefficient (Wildman–Crippen LogP) is 24.4. The van der Waals surface area contributed by atoms with E-state index >= 15 is 0 Å². The third-order valence-electron chi connectivity index (χ3n) is 13.3. The molecule has 4 rings (SSSR count). The van der Waals surface area contributed by atoms with E-state index in [2.05, 4.69) is 135 Å². The quantitative estimate of drug-likeness (QED) is 0.0470. The number of terminal acetylenes is 2. The summed E-state index contributed by atoms with van der Waals surface area (Å²) in [7, 11) is 0. The molecule has 0 saturated heterocycles. The van der Waals surface area contributed by atoms with Gasteiger partial charge in [-0.2, -0.15) is 0 Å². The highest BCUT2D eigenvalue weighted by molar-refractivity contribution is 8.41. The maximum Gasteiger partial charge on any atom is 0.0660 e. The molecule has 8 heteroatoms. The van der Waals surface area contributed by atoms with Gasteiger partial charge in [0, 0.05) is 22.3 Å². The van der Waals surface area contributed by atoms with Gasteiger partial charge in [0.15, 0.2) is 0 Å². The lowest BCUT2D eigenvalue weighted by Crippen LogP contribution is -1.96. The third kappa shape index (κ3) is 26.1. The van der Waals surface area contributed by atoms with Crippen LogP contribution in [0.5, 0.6) is 0 Å². The van der Waals surface area contributed by atoms with E-state index in [9.17, 15) is 0 Å². The number of hydrogen-bond donors (Lipinski definition) is 0. The Hall–Kier alpha value is -0.680. The first-order valence-electron chi connectivity index (χ1n) is 28.9. The van der Waals surface area contributed by atoms with Gasteiger partial charge in [0.25, 0.3) is 0 Å². The van der Waals surface area contributed by atoms with E-state index in [1.165, 1.54) is 276 Å². The van der Waals surface area contributed by atoms with Crippen LogP contribution < -0.4 is 0 Å². The number of thioether (sulfide) groups is 8. The molecule has 0 N–H and O–H groups in total. The van der Waals surface area contributed by atoms with E-state index in [-0.39, 0.29) is 0 Å². The van der Waals surface area contributed by atoms with Gasteiger partial charge in [-0.15, -0.1) is 59.9 Å². The van der Waals surface area contributed by atoms with Gasteiger partial charge in [0.05, 0.1) is 25.4 Å². The molecular weight excluding hydrogens is 1030 g/mol. The molecule has 0 fully saturated rings. The molecule has 2 aliphatic heterocycles. The summed E-state index contributed by atoms with van der Waals surface area (Å²) in [5, 5.41) is 0. The van der Waals surface area contributed by atoms with E-state index in [1.54, 1.807) is 0 Å². The minimum absolute atomic E-state index is 0.925. The summed E-state index contributed by atoms with van der Waals surface area (Å²) in [5.74, 6) is 10.6. The average Bonchev–Trinajstić information content (AvgIpc) is 4.01. The topological polar surface area (TPSA) is 0 Å². The maximum atomic E-state index is 6.01. The van der Waals surface area contributed by atoms with Crippen LogP contribution in [0.2, 0.25) is 0 Å². The smallest absolute Gasteiger partial charge is 0.0660 e. The predicted molar refractivity (Wildman–Crippen MR) is 347 cm³/mol. The van der Waals surface area contributed by atoms with Crippen LogP contribution in [0.4, 0.5) is 0 Å². The van der Waals surface area contributed by atoms with Crippen molar-refractivity contribution in [3.05, 3.63) is 96.2 Å². The van der Waals surface area contributed by atoms with Crippen molar-refractivity contribution in [2.75, 3.05) is 23.0 Å². The molecule has 0 spiro atoms. The zero-order chi connectivity index (χ0) is 51.1. The van der Waals surface area contributed by atoms with Crippen LogP contribution in [0.1, 0.15) is 255 Å². The second kappa shape index (κ2) is 42.4. The van der Waals surface area contributed by atoms with E-state index in [0.717, 1.165) is 11.1 Å². The van der Waals surface area contributed by atoms with Crippen LogP contribution in [0.3, 0.4) is 0 Å². The first-order chi connectivity index (χ1) is 35.6. The highest BCUT2D eigenvalue weighted by Gasteiger charge is 2.32. The second-order valence-electron chi connectivity index (χ2n) is 19.6. The molecule has 72 heavy (non-hydrogen) atoms. The number of benzene rings is 2. The Morgan fingerprint density at radius 1 is 0.319 bits per heavy atom. The van der Waals surface area contributed by atoms with Crippen molar-refractivity contribution in [2.24, 2.45) is 0 Å². The second-order valence-corrected chi connectivity index (χ2v) is 29.7. The van der Waals surface area contributed by atoms with Gasteiger partial charge in [0.1, 0.15) is 0 Å². The minimum Gasteiger partial charge on any atom is -0.117 e. The molecule has 0 nitrogen and oxygen atoms in total. The zero-order valence-corrected chi connectivity index (χ0v) is 52.0. The molecule has 2 aromatic rings. The van der Waals surface area contributed by atoms with E-state index in [1.807, 2.05) is 47.0 Å². The van der Waals surface area contributed by atoms with E-state index < -0.39 is 0 Å². The van der Waals surface area contributed by atoms with Gasteiger partial charge in [0.2, 0.25) is 0 Å². The van der Waals surface area contributed by atoms with Crippen LogP contribution in [0, 0.1) is 24.7 Å². The number of hydrogen-bond acceptors (Lipinski definition) is 8. The van der Waals surface area contributed by atoms with Crippen LogP contribution in [0.25, 0.3) is 11.1 Å². The average molecular weight is 1120 g/mol. The Balaban J connectivity index is 1.68. The lowest BCUT2D eigenvalue weighted by Gasteiger charge is -2.19. The van der Waals surface area contributed by atoms with Gasteiger partial charge in [-0.1, -0.05) is 291 Å².